The van der Waals surface area contributed by atoms with E-state index >= 15 is 0 Å². The highest BCUT2D eigenvalue weighted by Gasteiger charge is 2.35. The van der Waals surface area contributed by atoms with E-state index in [1.54, 1.807) is 53.4 Å². The van der Waals surface area contributed by atoms with Crippen LogP contribution >= 0.6 is 0 Å². The number of Topliss-reactive ketones (excluding diaryl/α,β-unsaturated/α-hetero) is 1. The quantitative estimate of drug-likeness (QED) is 0.196. The molecule has 2 aliphatic rings. The van der Waals surface area contributed by atoms with Crippen molar-refractivity contribution >= 4 is 17.7 Å². The molecule has 0 saturated heterocycles. The fourth-order valence-corrected chi connectivity index (χ4v) is 3.65. The molecule has 0 spiro atoms. The minimum Gasteiger partial charge on any atom is -0.478 e. The molecule has 4 heterocycles. The lowest BCUT2D eigenvalue weighted by Gasteiger charge is -2.06. The zero-order chi connectivity index (χ0) is 29.7. The second-order valence-electron chi connectivity index (χ2n) is 8.45. The highest BCUT2D eigenvalue weighted by atomic mass is 19.4. The number of pyridine rings is 1. The Morgan fingerprint density at radius 2 is 1.56 bits per heavy atom. The average Bonchev–Trinajstić information content (AvgIpc) is 3.67. The van der Waals surface area contributed by atoms with Gasteiger partial charge in [0.25, 0.3) is 0 Å². The first-order valence-corrected chi connectivity index (χ1v) is 11.6. The molecule has 0 unspecified atom stereocenters. The smallest absolute Gasteiger partial charge is 0.433 e. The molecule has 2 aromatic heterocycles. The Morgan fingerprint density at radius 1 is 0.927 bits per heavy atom. The molecule has 2 aliphatic heterocycles. The number of halogens is 3. The van der Waals surface area contributed by atoms with Gasteiger partial charge in [-0.2, -0.15) is 23.4 Å². The maximum Gasteiger partial charge on any atom is 0.433 e. The van der Waals surface area contributed by atoms with Crippen molar-refractivity contribution < 1.29 is 37.8 Å². The van der Waals surface area contributed by atoms with E-state index in [-0.39, 0.29) is 18.0 Å². The summed E-state index contributed by atoms with van der Waals surface area (Å²) in [6.07, 6.45) is 1.65. The second kappa shape index (κ2) is 11.6. The average molecular weight is 567 g/mol. The maximum absolute atomic E-state index is 13.0. The molecule has 5 rings (SSSR count). The van der Waals surface area contributed by atoms with Gasteiger partial charge < -0.3 is 14.8 Å². The van der Waals surface area contributed by atoms with Crippen LogP contribution in [0.2, 0.25) is 0 Å². The standard InChI is InChI=1S/C22H16F3N7O.C4H4O4/c1-31-20(22(23,24)25)10-17(30-31)13-2-4-14(5-3-13)21-27-15-7-9-32(11-18(15)28-21)12-19(33)16-6-8-26-29-16;5-3(6)1-2-4(7)8/h2-11H,12H2,1H3,(H,26,29);1-2H,(H,5,6)(H,7,8). The van der Waals surface area contributed by atoms with Gasteiger partial charge in [-0.3, -0.25) is 14.6 Å². The summed E-state index contributed by atoms with van der Waals surface area (Å²) in [5.74, 6) is -2.15. The van der Waals surface area contributed by atoms with Gasteiger partial charge in [-0.15, -0.1) is 0 Å². The van der Waals surface area contributed by atoms with Gasteiger partial charge in [0.05, 0.1) is 17.9 Å². The number of nitrogens with one attached hydrogen (secondary N) is 1. The van der Waals surface area contributed by atoms with Gasteiger partial charge in [0.2, 0.25) is 0 Å². The van der Waals surface area contributed by atoms with E-state index in [9.17, 15) is 27.6 Å². The number of imidazole rings is 1. The van der Waals surface area contributed by atoms with Gasteiger partial charge >= 0.3 is 18.1 Å². The van der Waals surface area contributed by atoms with Gasteiger partial charge in [0, 0.05) is 48.9 Å². The molecule has 0 saturated carbocycles. The van der Waals surface area contributed by atoms with Gasteiger partial charge in [0.1, 0.15) is 17.1 Å². The second-order valence-corrected chi connectivity index (χ2v) is 8.45. The van der Waals surface area contributed by atoms with Gasteiger partial charge in [0.15, 0.2) is 11.6 Å². The summed E-state index contributed by atoms with van der Waals surface area (Å²) in [6, 6.07) is 11.2. The lowest BCUT2D eigenvalue weighted by molar-refractivity contribution is -0.143. The van der Waals surface area contributed by atoms with Crippen molar-refractivity contribution in [1.82, 2.24) is 34.5 Å². The fourth-order valence-electron chi connectivity index (χ4n) is 3.65. The van der Waals surface area contributed by atoms with Gasteiger partial charge in [-0.1, -0.05) is 24.3 Å². The predicted molar refractivity (Wildman–Crippen MR) is 137 cm³/mol. The Bertz CT molecular complexity index is 1670. The Labute approximate surface area is 228 Å². The number of hydrogen-bond donors (Lipinski definition) is 3. The Hall–Kier alpha value is -5.60. The third-order valence-electron chi connectivity index (χ3n) is 5.53. The first kappa shape index (κ1) is 28.4. The fraction of sp³-hybridized carbons (Fsp3) is 0.115. The van der Waals surface area contributed by atoms with E-state index < -0.39 is 23.8 Å². The molecule has 3 aromatic rings. The van der Waals surface area contributed by atoms with Crippen LogP contribution in [-0.4, -0.2) is 62.4 Å². The third-order valence-corrected chi connectivity index (χ3v) is 5.53. The van der Waals surface area contributed by atoms with Gasteiger partial charge in [-0.25, -0.2) is 19.6 Å². The molecule has 12 nitrogen and oxygen atoms in total. The Balaban J connectivity index is 0.000000426. The minimum atomic E-state index is -4.47. The van der Waals surface area contributed by atoms with Crippen molar-refractivity contribution in [2.24, 2.45) is 7.05 Å². The lowest BCUT2D eigenvalue weighted by Crippen LogP contribution is -2.11. The first-order valence-electron chi connectivity index (χ1n) is 11.6. The topological polar surface area (TPSA) is 169 Å². The number of aromatic amines is 1. The van der Waals surface area contributed by atoms with Crippen molar-refractivity contribution in [1.29, 1.82) is 0 Å². The molecule has 41 heavy (non-hydrogen) atoms. The van der Waals surface area contributed by atoms with Crippen LogP contribution in [0, 0.1) is 0 Å². The van der Waals surface area contributed by atoms with E-state index in [4.69, 9.17) is 10.2 Å². The van der Waals surface area contributed by atoms with Crippen LogP contribution in [0.3, 0.4) is 0 Å². The summed E-state index contributed by atoms with van der Waals surface area (Å²) >= 11 is 0. The molecule has 0 aliphatic carbocycles. The molecule has 1 aromatic carbocycles. The monoisotopic (exact) mass is 567 g/mol. The van der Waals surface area contributed by atoms with E-state index in [1.807, 2.05) is 0 Å². The van der Waals surface area contributed by atoms with Crippen LogP contribution in [0.4, 0.5) is 13.2 Å². The molecular weight excluding hydrogens is 547 g/mol. The summed E-state index contributed by atoms with van der Waals surface area (Å²) in [5.41, 5.74) is 2.39. The number of benzene rings is 1. The summed E-state index contributed by atoms with van der Waals surface area (Å²) < 4.78 is 41.6. The molecule has 0 bridgehead atoms. The highest BCUT2D eigenvalue weighted by molar-refractivity contribution is 5.94. The number of ketones is 1. The number of fused-ring (bicyclic) bond motifs is 1. The predicted octanol–water partition coefficient (Wildman–Crippen LogP) is 3.79. The van der Waals surface area contributed by atoms with Crippen molar-refractivity contribution in [3.8, 4) is 34.0 Å². The minimum absolute atomic E-state index is 0.115. The summed E-state index contributed by atoms with van der Waals surface area (Å²) in [7, 11) is 1.26. The Morgan fingerprint density at radius 3 is 2.12 bits per heavy atom. The summed E-state index contributed by atoms with van der Waals surface area (Å²) in [4.78, 5) is 40.4. The number of rotatable bonds is 7. The number of nitrogens with zero attached hydrogens (tertiary/aromatic N) is 6. The molecular formula is C26H20F3N7O5. The number of carbonyl (C=O) groups excluding carboxylic acids is 1. The molecule has 3 N–H and O–H groups in total. The van der Waals surface area contributed by atoms with Crippen LogP contribution < -0.4 is 0 Å². The number of aliphatic carboxylic acids is 2. The molecule has 0 radical (unpaired) electrons. The highest BCUT2D eigenvalue weighted by Crippen LogP contribution is 2.32. The van der Waals surface area contributed by atoms with E-state index in [2.05, 4.69) is 25.3 Å². The number of carboxylic acids is 2. The van der Waals surface area contributed by atoms with Gasteiger partial charge in [-0.05, 0) is 18.2 Å². The van der Waals surface area contributed by atoms with Crippen LogP contribution in [0.15, 0.2) is 73.2 Å². The van der Waals surface area contributed by atoms with Crippen LogP contribution in [-0.2, 0) is 29.4 Å². The zero-order valence-corrected chi connectivity index (χ0v) is 21.1. The van der Waals surface area contributed by atoms with E-state index in [0.717, 1.165) is 10.7 Å². The number of carbonyl (C=O) groups is 3. The van der Waals surface area contributed by atoms with Crippen molar-refractivity contribution in [2.75, 3.05) is 0 Å². The zero-order valence-electron chi connectivity index (χ0n) is 21.1. The maximum atomic E-state index is 13.0. The van der Waals surface area contributed by atoms with Crippen LogP contribution in [0.5, 0.6) is 0 Å². The SMILES string of the molecule is Cn1nc(-c2ccc(-c3nc4ccn(CC(=O)c5ccn[nH]5)cc-4n3)cc2)cc1C(F)(F)F.O=C(O)C=CC(=O)O. The number of carboxylic acid groups (broad SMARTS) is 2. The molecule has 0 fully saturated rings. The van der Waals surface area contributed by atoms with E-state index in [0.29, 0.717) is 46.2 Å². The molecule has 15 heteroatoms. The molecule has 210 valence electrons. The Kier molecular flexibility index (Phi) is 8.07. The number of aryl methyl sites for hydroxylation is 1. The van der Waals surface area contributed by atoms with Crippen molar-refractivity contribution in [2.45, 2.75) is 12.7 Å². The van der Waals surface area contributed by atoms with Crippen molar-refractivity contribution in [3.63, 3.8) is 0 Å². The van der Waals surface area contributed by atoms with Crippen LogP contribution in [0.1, 0.15) is 16.2 Å². The largest absolute Gasteiger partial charge is 0.478 e. The summed E-state index contributed by atoms with van der Waals surface area (Å²) in [5, 5.41) is 26.0. The normalized spacial score (nSPS) is 11.4. The number of aromatic nitrogens is 7. The lowest BCUT2D eigenvalue weighted by atomic mass is 10.1. The van der Waals surface area contributed by atoms with Crippen molar-refractivity contribution in [3.05, 3.63) is 84.6 Å². The first-order chi connectivity index (χ1) is 19.4. The summed E-state index contributed by atoms with van der Waals surface area (Å²) in [6.45, 7) is 0.124. The number of alkyl halides is 3. The third kappa shape index (κ3) is 7.08. The number of hydrogen-bond acceptors (Lipinski definition) is 7. The number of H-pyrrole nitrogens is 1. The van der Waals surface area contributed by atoms with E-state index in [1.165, 1.54) is 13.2 Å². The molecule has 0 amide bonds. The van der Waals surface area contributed by atoms with Crippen LogP contribution in [0.25, 0.3) is 34.0 Å². The molecule has 0 atom stereocenters.